The Morgan fingerprint density at radius 2 is 1.55 bits per heavy atom. The normalized spacial score (nSPS) is 11.9. The van der Waals surface area contributed by atoms with Crippen LogP contribution in [0.1, 0.15) is 29.8 Å². The Morgan fingerprint density at radius 3 is 2.07 bits per heavy atom. The van der Waals surface area contributed by atoms with Crippen molar-refractivity contribution in [2.24, 2.45) is 0 Å². The van der Waals surface area contributed by atoms with Gasteiger partial charge in [-0.1, -0.05) is 42.5 Å². The zero-order valence-corrected chi connectivity index (χ0v) is 15.9. The predicted octanol–water partition coefficient (Wildman–Crippen LogP) is 1.92. The summed E-state index contributed by atoms with van der Waals surface area (Å²) in [5.41, 5.74) is -0.0581. The van der Waals surface area contributed by atoms with Gasteiger partial charge in [0.2, 0.25) is 5.78 Å². The monoisotopic (exact) mass is 399 g/mol. The molecule has 0 heterocycles. The first kappa shape index (κ1) is 21.6. The van der Waals surface area contributed by atoms with Gasteiger partial charge in [-0.05, 0) is 31.5 Å². The average molecular weight is 399 g/mol. The molecule has 1 atom stereocenters. The molecule has 8 heteroatoms. The van der Waals surface area contributed by atoms with E-state index < -0.39 is 29.5 Å². The number of carboxylic acid groups (broad SMARTS) is 2. The fraction of sp³-hybridized carbons (Fsp3) is 0.238. The third kappa shape index (κ3) is 5.90. The van der Waals surface area contributed by atoms with E-state index in [4.69, 9.17) is 9.84 Å². The number of benzene rings is 2. The summed E-state index contributed by atoms with van der Waals surface area (Å²) in [6.07, 6.45) is -0.110. The molecule has 0 unspecified atom stereocenters. The van der Waals surface area contributed by atoms with Crippen LogP contribution in [0.4, 0.5) is 0 Å². The zero-order chi connectivity index (χ0) is 21.6. The molecule has 8 nitrogen and oxygen atoms in total. The molecule has 0 bridgehead atoms. The maximum atomic E-state index is 12.6. The molecule has 1 amide bonds. The number of carboxylic acids is 2. The van der Waals surface area contributed by atoms with Gasteiger partial charge in [-0.15, -0.1) is 0 Å². The van der Waals surface area contributed by atoms with Crippen molar-refractivity contribution in [2.75, 3.05) is 0 Å². The zero-order valence-electron chi connectivity index (χ0n) is 15.9. The molecule has 0 aliphatic heterocycles. The lowest BCUT2D eigenvalue weighted by molar-refractivity contribution is -0.152. The first-order valence-corrected chi connectivity index (χ1v) is 8.74. The number of hydrogen-bond donors (Lipinski definition) is 3. The topological polar surface area (TPSA) is 130 Å². The van der Waals surface area contributed by atoms with Crippen LogP contribution in [-0.2, 0) is 20.8 Å². The summed E-state index contributed by atoms with van der Waals surface area (Å²) < 4.78 is 5.81. The molecule has 2 aromatic rings. The Morgan fingerprint density at radius 1 is 0.966 bits per heavy atom. The number of ether oxygens (including phenoxy) is 1. The van der Waals surface area contributed by atoms with Crippen molar-refractivity contribution in [3.63, 3.8) is 0 Å². The number of amides is 1. The van der Waals surface area contributed by atoms with Crippen LogP contribution in [0, 0.1) is 0 Å². The molecule has 0 spiro atoms. The Hall–Kier alpha value is -3.68. The van der Waals surface area contributed by atoms with Gasteiger partial charge in [0.15, 0.2) is 5.60 Å². The minimum atomic E-state index is -1.76. The summed E-state index contributed by atoms with van der Waals surface area (Å²) in [6, 6.07) is 13.7. The molecule has 0 saturated carbocycles. The number of rotatable bonds is 8. The molecule has 152 valence electrons. The first-order valence-electron chi connectivity index (χ1n) is 8.74. The lowest BCUT2D eigenvalue weighted by atomic mass is 9.96. The highest BCUT2D eigenvalue weighted by Gasteiger charge is 2.31. The fourth-order valence-corrected chi connectivity index (χ4v) is 2.63. The minimum Gasteiger partial charge on any atom is -0.480 e. The summed E-state index contributed by atoms with van der Waals surface area (Å²) >= 11 is 0. The maximum Gasteiger partial charge on any atom is 0.394 e. The molecule has 0 saturated heterocycles. The van der Waals surface area contributed by atoms with Crippen LogP contribution in [-0.4, -0.2) is 45.5 Å². The molecule has 3 N–H and O–H groups in total. The van der Waals surface area contributed by atoms with Crippen molar-refractivity contribution in [2.45, 2.75) is 31.9 Å². The van der Waals surface area contributed by atoms with E-state index in [9.17, 15) is 24.3 Å². The predicted molar refractivity (Wildman–Crippen MR) is 103 cm³/mol. The molecular weight excluding hydrogens is 378 g/mol. The second kappa shape index (κ2) is 9.01. The van der Waals surface area contributed by atoms with Crippen LogP contribution >= 0.6 is 0 Å². The molecular formula is C21H21NO7. The van der Waals surface area contributed by atoms with E-state index in [1.54, 1.807) is 62.4 Å². The van der Waals surface area contributed by atoms with Crippen molar-refractivity contribution in [1.29, 1.82) is 0 Å². The van der Waals surface area contributed by atoms with Gasteiger partial charge in [0.05, 0.1) is 0 Å². The Bertz CT molecular complexity index is 904. The van der Waals surface area contributed by atoms with Crippen LogP contribution in [0.3, 0.4) is 0 Å². The summed E-state index contributed by atoms with van der Waals surface area (Å²) in [6.45, 7) is 3.30. The molecule has 2 aromatic carbocycles. The van der Waals surface area contributed by atoms with Crippen molar-refractivity contribution in [1.82, 2.24) is 5.32 Å². The van der Waals surface area contributed by atoms with Crippen LogP contribution in [0.25, 0.3) is 0 Å². The van der Waals surface area contributed by atoms with E-state index in [0.717, 1.165) is 0 Å². The maximum absolute atomic E-state index is 12.6. The van der Waals surface area contributed by atoms with E-state index in [-0.39, 0.29) is 12.2 Å². The van der Waals surface area contributed by atoms with Crippen molar-refractivity contribution < 1.29 is 34.1 Å². The number of aliphatic carboxylic acids is 2. The van der Waals surface area contributed by atoms with Crippen molar-refractivity contribution >= 4 is 23.6 Å². The van der Waals surface area contributed by atoms with E-state index in [1.807, 2.05) is 11.4 Å². The molecule has 0 aliphatic rings. The summed E-state index contributed by atoms with van der Waals surface area (Å²) in [5.74, 6) is -4.28. The van der Waals surface area contributed by atoms with E-state index in [2.05, 4.69) is 0 Å². The smallest absolute Gasteiger partial charge is 0.394 e. The molecule has 0 fully saturated rings. The lowest BCUT2D eigenvalue weighted by Gasteiger charge is -2.25. The highest BCUT2D eigenvalue weighted by molar-refractivity contribution is 6.31. The van der Waals surface area contributed by atoms with Gasteiger partial charge >= 0.3 is 17.8 Å². The van der Waals surface area contributed by atoms with Gasteiger partial charge in [0.1, 0.15) is 11.8 Å². The number of nitrogens with one attached hydrogen (secondary N) is 1. The third-order valence-corrected chi connectivity index (χ3v) is 4.12. The first-order chi connectivity index (χ1) is 13.6. The number of hydrogen-bond acceptors (Lipinski definition) is 5. The second-order valence-electron chi connectivity index (χ2n) is 6.83. The van der Waals surface area contributed by atoms with Crippen LogP contribution < -0.4 is 10.1 Å². The molecule has 0 aliphatic carbocycles. The number of carbonyl (C=O) groups is 4. The molecule has 0 radical (unpaired) electrons. The second-order valence-corrected chi connectivity index (χ2v) is 6.83. The molecule has 29 heavy (non-hydrogen) atoms. The summed E-state index contributed by atoms with van der Waals surface area (Å²) in [5, 5.41) is 19.7. The Labute approximate surface area is 167 Å². The highest BCUT2D eigenvalue weighted by Crippen LogP contribution is 2.23. The van der Waals surface area contributed by atoms with Gasteiger partial charge in [-0.2, -0.15) is 0 Å². The molecule has 2 rings (SSSR count). The highest BCUT2D eigenvalue weighted by atomic mass is 16.5. The SMILES string of the molecule is CC(C)(Oc1ccc(C[C@@H](NC(=O)C(=O)O)C(=O)O)cc1)C(=O)c1ccccc1. The van der Waals surface area contributed by atoms with Crippen molar-refractivity contribution in [3.05, 3.63) is 65.7 Å². The quantitative estimate of drug-likeness (QED) is 0.457. The van der Waals surface area contributed by atoms with Crippen LogP contribution in [0.5, 0.6) is 5.75 Å². The molecule has 0 aromatic heterocycles. The number of ketones is 1. The summed E-state index contributed by atoms with van der Waals surface area (Å²) in [4.78, 5) is 45.7. The van der Waals surface area contributed by atoms with Crippen LogP contribution in [0.15, 0.2) is 54.6 Å². The minimum absolute atomic E-state index is 0.110. The lowest BCUT2D eigenvalue weighted by Crippen LogP contribution is -2.45. The van der Waals surface area contributed by atoms with Gasteiger partial charge in [-0.3, -0.25) is 9.59 Å². The van der Waals surface area contributed by atoms with E-state index in [0.29, 0.717) is 16.9 Å². The van der Waals surface area contributed by atoms with Gasteiger partial charge in [0.25, 0.3) is 0 Å². The van der Waals surface area contributed by atoms with E-state index >= 15 is 0 Å². The van der Waals surface area contributed by atoms with Gasteiger partial charge in [0, 0.05) is 12.0 Å². The Balaban J connectivity index is 2.07. The van der Waals surface area contributed by atoms with Crippen LogP contribution in [0.2, 0.25) is 0 Å². The third-order valence-electron chi connectivity index (χ3n) is 4.12. The van der Waals surface area contributed by atoms with Gasteiger partial charge < -0.3 is 20.3 Å². The number of Topliss-reactive ketones (excluding diaryl/α,β-unsaturated/α-hetero) is 1. The number of carbonyl (C=O) groups excluding carboxylic acids is 2. The largest absolute Gasteiger partial charge is 0.480 e. The fourth-order valence-electron chi connectivity index (χ4n) is 2.63. The standard InChI is InChI=1S/C21H21NO7/c1-21(2,17(23)14-6-4-3-5-7-14)29-15-10-8-13(9-11-15)12-16(19(25)26)22-18(24)20(27)28/h3-11,16H,12H2,1-2H3,(H,22,24)(H,25,26)(H,27,28)/t16-/m1/s1. The van der Waals surface area contributed by atoms with Crippen molar-refractivity contribution in [3.8, 4) is 5.75 Å². The average Bonchev–Trinajstić information content (AvgIpc) is 2.68. The Kier molecular flexibility index (Phi) is 6.71. The van der Waals surface area contributed by atoms with Gasteiger partial charge in [-0.25, -0.2) is 9.59 Å². The van der Waals surface area contributed by atoms with E-state index in [1.165, 1.54) is 0 Å². The summed E-state index contributed by atoms with van der Waals surface area (Å²) in [7, 11) is 0.